The summed E-state index contributed by atoms with van der Waals surface area (Å²) in [5.74, 6) is 0. The number of thiophene rings is 1. The Morgan fingerprint density at radius 1 is 1.12 bits per heavy atom. The summed E-state index contributed by atoms with van der Waals surface area (Å²) in [6.45, 7) is 1.97. The Kier molecular flexibility index (Phi) is 3.49. The number of benzene rings is 1. The Bertz CT molecular complexity index is 514. The minimum atomic E-state index is -4.23. The van der Waals surface area contributed by atoms with Crippen molar-refractivity contribution < 1.29 is 13.2 Å². The first kappa shape index (κ1) is 12.5. The number of thioether (sulfide) groups is 1. The van der Waals surface area contributed by atoms with Crippen LogP contribution < -0.4 is 0 Å². The van der Waals surface area contributed by atoms with Crippen molar-refractivity contribution in [1.29, 1.82) is 0 Å². The van der Waals surface area contributed by atoms with Gasteiger partial charge in [0.15, 0.2) is 0 Å². The average molecular weight is 274 g/mol. The lowest BCUT2D eigenvalue weighted by Gasteiger charge is -2.06. The van der Waals surface area contributed by atoms with E-state index in [4.69, 9.17) is 0 Å². The molecule has 0 fully saturated rings. The van der Waals surface area contributed by atoms with Crippen LogP contribution in [-0.4, -0.2) is 5.51 Å². The maximum atomic E-state index is 12.2. The van der Waals surface area contributed by atoms with Crippen molar-refractivity contribution >= 4 is 23.1 Å². The van der Waals surface area contributed by atoms with Crippen molar-refractivity contribution in [2.45, 2.75) is 17.3 Å². The van der Waals surface area contributed by atoms with E-state index in [1.54, 1.807) is 23.5 Å². The maximum Gasteiger partial charge on any atom is 0.446 e. The second-order valence-corrected chi connectivity index (χ2v) is 5.91. The minimum Gasteiger partial charge on any atom is -0.160 e. The third-order valence-electron chi connectivity index (χ3n) is 2.09. The minimum absolute atomic E-state index is 0.0790. The quantitative estimate of drug-likeness (QED) is 0.666. The maximum absolute atomic E-state index is 12.2. The fraction of sp³-hybridized carbons (Fsp3) is 0.167. The molecule has 90 valence electrons. The van der Waals surface area contributed by atoms with Crippen LogP contribution in [0.1, 0.15) is 4.88 Å². The Morgan fingerprint density at radius 2 is 1.88 bits per heavy atom. The van der Waals surface area contributed by atoms with Gasteiger partial charge in [0.1, 0.15) is 0 Å². The van der Waals surface area contributed by atoms with Gasteiger partial charge < -0.3 is 0 Å². The first-order valence-corrected chi connectivity index (χ1v) is 6.50. The molecule has 0 amide bonds. The zero-order valence-corrected chi connectivity index (χ0v) is 10.5. The molecule has 0 unspecified atom stereocenters. The van der Waals surface area contributed by atoms with Gasteiger partial charge in [0, 0.05) is 14.6 Å². The van der Waals surface area contributed by atoms with Gasteiger partial charge in [-0.2, -0.15) is 13.2 Å². The van der Waals surface area contributed by atoms with E-state index in [0.717, 1.165) is 15.3 Å². The molecular formula is C12H9F3S2. The predicted octanol–water partition coefficient (Wildman–Crippen LogP) is 5.34. The summed E-state index contributed by atoms with van der Waals surface area (Å²) >= 11 is 1.50. The standard InChI is InChI=1S/C12H9F3S2/c1-8-5-6-11(16-8)9-3-2-4-10(7-9)17-12(13,14)15/h2-7H,1H3. The van der Waals surface area contributed by atoms with Gasteiger partial charge in [-0.1, -0.05) is 12.1 Å². The highest BCUT2D eigenvalue weighted by atomic mass is 32.2. The second-order valence-electron chi connectivity index (χ2n) is 3.49. The second kappa shape index (κ2) is 4.74. The zero-order valence-electron chi connectivity index (χ0n) is 8.91. The molecule has 0 radical (unpaired) electrons. The molecule has 5 heteroatoms. The van der Waals surface area contributed by atoms with Crippen molar-refractivity contribution in [2.24, 2.45) is 0 Å². The van der Waals surface area contributed by atoms with E-state index in [1.165, 1.54) is 6.07 Å². The average Bonchev–Trinajstić information content (AvgIpc) is 2.63. The predicted molar refractivity (Wildman–Crippen MR) is 66.4 cm³/mol. The number of hydrogen-bond donors (Lipinski definition) is 0. The summed E-state index contributed by atoms with van der Waals surface area (Å²) in [4.78, 5) is 2.36. The largest absolute Gasteiger partial charge is 0.446 e. The molecule has 0 aliphatic rings. The molecule has 0 bridgehead atoms. The van der Waals surface area contributed by atoms with Crippen molar-refractivity contribution in [3.05, 3.63) is 41.3 Å². The SMILES string of the molecule is Cc1ccc(-c2cccc(SC(F)(F)F)c2)s1. The number of halogens is 3. The molecular weight excluding hydrogens is 265 g/mol. The molecule has 2 aromatic rings. The molecule has 0 aliphatic carbocycles. The molecule has 2 rings (SSSR count). The van der Waals surface area contributed by atoms with E-state index in [1.807, 2.05) is 25.1 Å². The molecule has 1 aromatic heterocycles. The van der Waals surface area contributed by atoms with Gasteiger partial charge in [-0.15, -0.1) is 11.3 Å². The van der Waals surface area contributed by atoms with Crippen LogP contribution in [0.3, 0.4) is 0 Å². The Labute approximate surface area is 105 Å². The summed E-state index contributed by atoms with van der Waals surface area (Å²) < 4.78 is 36.7. The third-order valence-corrected chi connectivity index (χ3v) is 3.86. The fourth-order valence-corrected chi connectivity index (χ4v) is 2.90. The molecule has 0 atom stereocenters. The van der Waals surface area contributed by atoms with E-state index in [-0.39, 0.29) is 16.7 Å². The van der Waals surface area contributed by atoms with Gasteiger partial charge in [0.25, 0.3) is 0 Å². The van der Waals surface area contributed by atoms with Gasteiger partial charge >= 0.3 is 5.51 Å². The van der Waals surface area contributed by atoms with Gasteiger partial charge in [0.05, 0.1) is 0 Å². The lowest BCUT2D eigenvalue weighted by atomic mass is 10.2. The van der Waals surface area contributed by atoms with E-state index >= 15 is 0 Å². The first-order valence-electron chi connectivity index (χ1n) is 4.87. The molecule has 0 N–H and O–H groups in total. The van der Waals surface area contributed by atoms with Crippen LogP contribution in [0, 0.1) is 6.92 Å². The highest BCUT2D eigenvalue weighted by Crippen LogP contribution is 2.38. The van der Waals surface area contributed by atoms with E-state index in [0.29, 0.717) is 0 Å². The van der Waals surface area contributed by atoms with Crippen LogP contribution >= 0.6 is 23.1 Å². The van der Waals surface area contributed by atoms with Gasteiger partial charge in [-0.05, 0) is 48.5 Å². The van der Waals surface area contributed by atoms with Gasteiger partial charge in [-0.3, -0.25) is 0 Å². The fourth-order valence-electron chi connectivity index (χ4n) is 1.44. The summed E-state index contributed by atoms with van der Waals surface area (Å²) in [5, 5.41) is 0. The molecule has 17 heavy (non-hydrogen) atoms. The Balaban J connectivity index is 2.29. The smallest absolute Gasteiger partial charge is 0.160 e. The molecule has 1 heterocycles. The number of aryl methyl sites for hydroxylation is 1. The van der Waals surface area contributed by atoms with Crippen molar-refractivity contribution in [1.82, 2.24) is 0 Å². The van der Waals surface area contributed by atoms with Crippen molar-refractivity contribution in [3.8, 4) is 10.4 Å². The van der Waals surface area contributed by atoms with Crippen LogP contribution in [0.4, 0.5) is 13.2 Å². The highest BCUT2D eigenvalue weighted by Gasteiger charge is 2.29. The summed E-state index contributed by atoms with van der Waals surface area (Å²) in [6.07, 6.45) is 0. The van der Waals surface area contributed by atoms with Crippen molar-refractivity contribution in [3.63, 3.8) is 0 Å². The van der Waals surface area contributed by atoms with Crippen LogP contribution in [0.25, 0.3) is 10.4 Å². The number of rotatable bonds is 2. The summed E-state index contributed by atoms with van der Waals surface area (Å²) in [7, 11) is 0. The number of alkyl halides is 3. The van der Waals surface area contributed by atoms with Crippen LogP contribution in [0.2, 0.25) is 0 Å². The Morgan fingerprint density at radius 3 is 2.47 bits per heavy atom. The molecule has 1 aromatic carbocycles. The summed E-state index contributed by atoms with van der Waals surface area (Å²) in [6, 6.07) is 10.4. The van der Waals surface area contributed by atoms with E-state index < -0.39 is 5.51 Å². The molecule has 0 nitrogen and oxygen atoms in total. The lowest BCUT2D eigenvalue weighted by molar-refractivity contribution is -0.0328. The third kappa shape index (κ3) is 3.51. The van der Waals surface area contributed by atoms with Crippen LogP contribution in [0.15, 0.2) is 41.3 Å². The molecule has 0 spiro atoms. The topological polar surface area (TPSA) is 0 Å². The first-order chi connectivity index (χ1) is 7.94. The highest BCUT2D eigenvalue weighted by molar-refractivity contribution is 8.00. The Hall–Kier alpha value is -0.940. The molecule has 0 saturated carbocycles. The van der Waals surface area contributed by atoms with Crippen molar-refractivity contribution in [2.75, 3.05) is 0 Å². The van der Waals surface area contributed by atoms with E-state index in [9.17, 15) is 13.2 Å². The lowest BCUT2D eigenvalue weighted by Crippen LogP contribution is -1.98. The molecule has 0 aliphatic heterocycles. The van der Waals surface area contributed by atoms with Crippen LogP contribution in [0.5, 0.6) is 0 Å². The van der Waals surface area contributed by atoms with Gasteiger partial charge in [-0.25, -0.2) is 0 Å². The van der Waals surface area contributed by atoms with Crippen LogP contribution in [-0.2, 0) is 0 Å². The molecule has 0 saturated heterocycles. The number of hydrogen-bond acceptors (Lipinski definition) is 2. The monoisotopic (exact) mass is 274 g/mol. The van der Waals surface area contributed by atoms with Gasteiger partial charge in [0.2, 0.25) is 0 Å². The zero-order chi connectivity index (χ0) is 12.5. The normalized spacial score (nSPS) is 11.8. The van der Waals surface area contributed by atoms with E-state index in [2.05, 4.69) is 0 Å². The summed E-state index contributed by atoms with van der Waals surface area (Å²) in [5.41, 5.74) is -3.40.